The second-order valence-electron chi connectivity index (χ2n) is 3.57. The molecule has 0 amide bonds. The van der Waals surface area contributed by atoms with Crippen LogP contribution in [0.15, 0.2) is 24.5 Å². The van der Waals surface area contributed by atoms with E-state index < -0.39 is 11.7 Å². The van der Waals surface area contributed by atoms with Crippen molar-refractivity contribution in [1.82, 2.24) is 14.8 Å². The van der Waals surface area contributed by atoms with Gasteiger partial charge in [-0.15, -0.1) is 10.2 Å². The van der Waals surface area contributed by atoms with Crippen LogP contribution >= 0.6 is 0 Å². The van der Waals surface area contributed by atoms with Crippen LogP contribution in [0.3, 0.4) is 0 Å². The largest absolute Gasteiger partial charge is 0.416 e. The number of nitrogens with zero attached hydrogens (tertiary/aromatic N) is 3. The molecule has 7 heteroatoms. The summed E-state index contributed by atoms with van der Waals surface area (Å²) in [5.74, 6) is 0.427. The van der Waals surface area contributed by atoms with Crippen LogP contribution in [0, 0.1) is 0 Å². The predicted molar refractivity (Wildman–Crippen MR) is 55.9 cm³/mol. The Balaban J connectivity index is 2.50. The highest BCUT2D eigenvalue weighted by Crippen LogP contribution is 2.33. The molecule has 17 heavy (non-hydrogen) atoms. The molecule has 0 aliphatic heterocycles. The van der Waals surface area contributed by atoms with E-state index in [1.165, 1.54) is 12.4 Å². The molecule has 0 spiro atoms. The molecular weight excluding hydrogens is 233 g/mol. The number of halogens is 3. The maximum atomic E-state index is 12.4. The molecule has 90 valence electrons. The predicted octanol–water partition coefficient (Wildman–Crippen LogP) is 2.08. The fraction of sp³-hybridized carbons (Fsp3) is 0.200. The van der Waals surface area contributed by atoms with Crippen LogP contribution in [-0.2, 0) is 13.2 Å². The number of aryl methyl sites for hydroxylation is 1. The molecule has 1 aromatic heterocycles. The van der Waals surface area contributed by atoms with Gasteiger partial charge in [-0.3, -0.25) is 0 Å². The van der Waals surface area contributed by atoms with Crippen molar-refractivity contribution in [2.75, 3.05) is 5.73 Å². The van der Waals surface area contributed by atoms with Gasteiger partial charge in [0, 0.05) is 18.3 Å². The number of nitrogens with two attached hydrogens (primary N) is 1. The third kappa shape index (κ3) is 2.08. The summed E-state index contributed by atoms with van der Waals surface area (Å²) in [6.07, 6.45) is -2.95. The highest BCUT2D eigenvalue weighted by molar-refractivity contribution is 5.72. The first-order valence-electron chi connectivity index (χ1n) is 4.70. The van der Waals surface area contributed by atoms with Crippen LogP contribution in [0.2, 0.25) is 0 Å². The van der Waals surface area contributed by atoms with Crippen LogP contribution in [0.25, 0.3) is 11.4 Å². The van der Waals surface area contributed by atoms with E-state index in [0.717, 1.165) is 12.1 Å². The Hall–Kier alpha value is -2.05. The maximum Gasteiger partial charge on any atom is 0.416 e. The molecule has 2 aromatic rings. The van der Waals surface area contributed by atoms with Crippen LogP contribution < -0.4 is 5.73 Å². The molecule has 0 saturated heterocycles. The lowest BCUT2D eigenvalue weighted by molar-refractivity contribution is -0.137. The lowest BCUT2D eigenvalue weighted by Crippen LogP contribution is -2.06. The van der Waals surface area contributed by atoms with E-state index in [4.69, 9.17) is 5.73 Å². The molecule has 0 unspecified atom stereocenters. The normalized spacial score (nSPS) is 11.8. The van der Waals surface area contributed by atoms with Gasteiger partial charge < -0.3 is 10.3 Å². The molecule has 0 aliphatic carbocycles. The van der Waals surface area contributed by atoms with Crippen molar-refractivity contribution in [2.24, 2.45) is 7.05 Å². The fourth-order valence-electron chi connectivity index (χ4n) is 1.47. The van der Waals surface area contributed by atoms with Gasteiger partial charge in [-0.2, -0.15) is 13.2 Å². The number of aromatic nitrogens is 3. The summed E-state index contributed by atoms with van der Waals surface area (Å²) in [4.78, 5) is 0. The third-order valence-corrected chi connectivity index (χ3v) is 2.33. The van der Waals surface area contributed by atoms with Gasteiger partial charge in [0.1, 0.15) is 6.33 Å². The quantitative estimate of drug-likeness (QED) is 0.779. The molecule has 0 bridgehead atoms. The Labute approximate surface area is 94.9 Å². The van der Waals surface area contributed by atoms with E-state index in [9.17, 15) is 13.2 Å². The second-order valence-corrected chi connectivity index (χ2v) is 3.57. The molecule has 1 heterocycles. The maximum absolute atomic E-state index is 12.4. The van der Waals surface area contributed by atoms with E-state index >= 15 is 0 Å². The molecule has 0 saturated carbocycles. The fourth-order valence-corrected chi connectivity index (χ4v) is 1.47. The van der Waals surface area contributed by atoms with Crippen LogP contribution in [0.4, 0.5) is 18.9 Å². The van der Waals surface area contributed by atoms with E-state index in [1.807, 2.05) is 0 Å². The summed E-state index contributed by atoms with van der Waals surface area (Å²) in [6.45, 7) is 0. The number of alkyl halides is 3. The minimum atomic E-state index is -4.40. The minimum Gasteiger partial charge on any atom is -0.398 e. The van der Waals surface area contributed by atoms with Gasteiger partial charge in [-0.1, -0.05) is 0 Å². The summed E-state index contributed by atoms with van der Waals surface area (Å²) >= 11 is 0. The molecule has 2 N–H and O–H groups in total. The van der Waals surface area contributed by atoms with E-state index in [1.54, 1.807) is 11.6 Å². The molecule has 0 fully saturated rings. The smallest absolute Gasteiger partial charge is 0.398 e. The number of anilines is 1. The molecule has 0 atom stereocenters. The average molecular weight is 242 g/mol. The van der Waals surface area contributed by atoms with Gasteiger partial charge in [0.25, 0.3) is 0 Å². The molecule has 0 aliphatic rings. The summed E-state index contributed by atoms with van der Waals surface area (Å²) in [6, 6.07) is 3.16. The van der Waals surface area contributed by atoms with E-state index in [0.29, 0.717) is 11.4 Å². The van der Waals surface area contributed by atoms with Gasteiger partial charge >= 0.3 is 6.18 Å². The van der Waals surface area contributed by atoms with Crippen LogP contribution in [-0.4, -0.2) is 14.8 Å². The van der Waals surface area contributed by atoms with Crippen molar-refractivity contribution in [3.63, 3.8) is 0 Å². The van der Waals surface area contributed by atoms with E-state index in [-0.39, 0.29) is 5.69 Å². The zero-order chi connectivity index (χ0) is 12.6. The Morgan fingerprint density at radius 1 is 1.29 bits per heavy atom. The van der Waals surface area contributed by atoms with Gasteiger partial charge in [-0.25, -0.2) is 0 Å². The van der Waals surface area contributed by atoms with Gasteiger partial charge in [-0.05, 0) is 18.2 Å². The first-order valence-corrected chi connectivity index (χ1v) is 4.70. The van der Waals surface area contributed by atoms with E-state index in [2.05, 4.69) is 10.2 Å². The highest BCUT2D eigenvalue weighted by Gasteiger charge is 2.31. The zero-order valence-corrected chi connectivity index (χ0v) is 8.86. The topological polar surface area (TPSA) is 56.7 Å². The minimum absolute atomic E-state index is 0.0240. The molecule has 2 rings (SSSR count). The number of benzene rings is 1. The third-order valence-electron chi connectivity index (χ3n) is 2.33. The van der Waals surface area contributed by atoms with Crippen molar-refractivity contribution in [1.29, 1.82) is 0 Å². The molecule has 0 radical (unpaired) electrons. The van der Waals surface area contributed by atoms with Crippen LogP contribution in [0.5, 0.6) is 0 Å². The van der Waals surface area contributed by atoms with Crippen molar-refractivity contribution in [3.05, 3.63) is 30.1 Å². The van der Waals surface area contributed by atoms with Gasteiger partial charge in [0.2, 0.25) is 0 Å². The van der Waals surface area contributed by atoms with Crippen LogP contribution in [0.1, 0.15) is 5.56 Å². The molecular formula is C10H9F3N4. The number of rotatable bonds is 1. The van der Waals surface area contributed by atoms with Gasteiger partial charge in [0.15, 0.2) is 5.82 Å². The lowest BCUT2D eigenvalue weighted by atomic mass is 10.1. The first kappa shape index (κ1) is 11.4. The lowest BCUT2D eigenvalue weighted by Gasteiger charge is -2.10. The summed E-state index contributed by atoms with van der Waals surface area (Å²) in [7, 11) is 1.69. The van der Waals surface area contributed by atoms with Crippen molar-refractivity contribution < 1.29 is 13.2 Å². The number of hydrogen-bond donors (Lipinski definition) is 1. The monoisotopic (exact) mass is 242 g/mol. The zero-order valence-electron chi connectivity index (χ0n) is 8.86. The highest BCUT2D eigenvalue weighted by atomic mass is 19.4. The number of nitrogen functional groups attached to an aromatic ring is 1. The Morgan fingerprint density at radius 3 is 2.47 bits per heavy atom. The summed E-state index contributed by atoms with van der Waals surface area (Å²) in [5.41, 5.74) is 5.27. The Bertz CT molecular complexity index is 545. The molecule has 4 nitrogen and oxygen atoms in total. The summed E-state index contributed by atoms with van der Waals surface area (Å²) < 4.78 is 38.9. The Morgan fingerprint density at radius 2 is 2.00 bits per heavy atom. The van der Waals surface area contributed by atoms with Crippen molar-refractivity contribution in [2.45, 2.75) is 6.18 Å². The SMILES string of the molecule is Cn1cnnc1-c1ccc(C(F)(F)F)cc1N. The molecule has 1 aromatic carbocycles. The van der Waals surface area contributed by atoms with Crippen molar-refractivity contribution >= 4 is 5.69 Å². The average Bonchev–Trinajstić information content (AvgIpc) is 2.63. The van der Waals surface area contributed by atoms with Gasteiger partial charge in [0.05, 0.1) is 5.56 Å². The number of hydrogen-bond acceptors (Lipinski definition) is 3. The first-order chi connectivity index (χ1) is 7.89. The van der Waals surface area contributed by atoms with Crippen molar-refractivity contribution in [3.8, 4) is 11.4 Å². The Kier molecular flexibility index (Phi) is 2.53. The second kappa shape index (κ2) is 3.76. The standard InChI is InChI=1S/C10H9F3N4/c1-17-5-15-16-9(17)7-3-2-6(4-8(7)14)10(11,12)13/h2-5H,14H2,1H3. The summed E-state index contributed by atoms with van der Waals surface area (Å²) in [5, 5.41) is 7.44.